The predicted molar refractivity (Wildman–Crippen MR) is 131 cm³/mol. The van der Waals surface area contributed by atoms with Crippen LogP contribution in [0.2, 0.25) is 0 Å². The van der Waals surface area contributed by atoms with Crippen molar-refractivity contribution in [3.8, 4) is 11.5 Å². The molecular formula is C26H40N2O7. The van der Waals surface area contributed by atoms with Crippen LogP contribution in [-0.2, 0) is 9.53 Å². The molecule has 1 aliphatic carbocycles. The van der Waals surface area contributed by atoms with E-state index in [2.05, 4.69) is 5.32 Å². The van der Waals surface area contributed by atoms with Crippen molar-refractivity contribution in [2.45, 2.75) is 71.1 Å². The Morgan fingerprint density at radius 2 is 1.94 bits per heavy atom. The minimum atomic E-state index is -1.14. The summed E-state index contributed by atoms with van der Waals surface area (Å²) in [6, 6.07) is 4.58. The topological polar surface area (TPSA) is 118 Å². The van der Waals surface area contributed by atoms with Gasteiger partial charge in [0.25, 0.3) is 0 Å². The molecule has 3 rings (SSSR count). The Kier molecular flexibility index (Phi) is 8.21. The quantitative estimate of drug-likeness (QED) is 0.485. The van der Waals surface area contributed by atoms with E-state index >= 15 is 0 Å². The third-order valence-corrected chi connectivity index (χ3v) is 6.93. The van der Waals surface area contributed by atoms with E-state index in [0.29, 0.717) is 30.6 Å². The highest BCUT2D eigenvalue weighted by Crippen LogP contribution is 2.47. The SMILES string of the molecule is COc1ccc(C2CN(C(=O)C(CO)NC(=O)OC(C)(C)C)CC2(C)C(C)O)cc1OCC1CC1. The zero-order valence-electron chi connectivity index (χ0n) is 21.7. The largest absolute Gasteiger partial charge is 0.493 e. The molecule has 2 aliphatic rings. The maximum absolute atomic E-state index is 13.3. The molecule has 4 unspecified atom stereocenters. The fourth-order valence-corrected chi connectivity index (χ4v) is 4.46. The number of methoxy groups -OCH3 is 1. The van der Waals surface area contributed by atoms with Crippen molar-refractivity contribution in [3.05, 3.63) is 23.8 Å². The maximum Gasteiger partial charge on any atom is 0.408 e. The molecule has 2 amide bonds. The van der Waals surface area contributed by atoms with Gasteiger partial charge in [-0.25, -0.2) is 4.79 Å². The number of carbonyl (C=O) groups excluding carboxylic acids is 2. The van der Waals surface area contributed by atoms with Crippen LogP contribution in [0.25, 0.3) is 0 Å². The number of alkyl carbamates (subject to hydrolysis) is 1. The van der Waals surface area contributed by atoms with Crippen LogP contribution in [0.5, 0.6) is 11.5 Å². The lowest BCUT2D eigenvalue weighted by atomic mass is 9.72. The third-order valence-electron chi connectivity index (χ3n) is 6.93. The molecule has 0 aromatic heterocycles. The minimum Gasteiger partial charge on any atom is -0.493 e. The molecule has 0 bridgehead atoms. The van der Waals surface area contributed by atoms with Gasteiger partial charge in [-0.05, 0) is 64.2 Å². The standard InChI is InChI=1S/C26H40N2O7/c1-16(30)26(5)15-28(23(31)20(13-29)27-24(32)35-25(2,3)4)12-19(26)18-9-10-21(33-6)22(11-18)34-14-17-7-8-17/h9-11,16-17,19-20,29-30H,7-8,12-15H2,1-6H3,(H,27,32). The van der Waals surface area contributed by atoms with Gasteiger partial charge in [0, 0.05) is 24.4 Å². The van der Waals surface area contributed by atoms with Crippen molar-refractivity contribution in [2.24, 2.45) is 11.3 Å². The first-order chi connectivity index (χ1) is 16.4. The fourth-order valence-electron chi connectivity index (χ4n) is 4.46. The molecule has 1 saturated heterocycles. The second-order valence-electron chi connectivity index (χ2n) is 11.0. The molecule has 35 heavy (non-hydrogen) atoms. The number of benzene rings is 1. The summed E-state index contributed by atoms with van der Waals surface area (Å²) in [6.45, 7) is 9.49. The normalized spacial score (nSPS) is 24.0. The molecule has 3 N–H and O–H groups in total. The first kappa shape index (κ1) is 27.1. The molecule has 0 spiro atoms. The monoisotopic (exact) mass is 492 g/mol. The molecule has 196 valence electrons. The molecule has 9 nitrogen and oxygen atoms in total. The number of hydrogen-bond acceptors (Lipinski definition) is 7. The summed E-state index contributed by atoms with van der Waals surface area (Å²) < 4.78 is 16.7. The molecule has 1 aromatic carbocycles. The first-order valence-electron chi connectivity index (χ1n) is 12.3. The van der Waals surface area contributed by atoms with Crippen LogP contribution in [0.4, 0.5) is 4.79 Å². The Morgan fingerprint density at radius 3 is 2.49 bits per heavy atom. The van der Waals surface area contributed by atoms with Gasteiger partial charge < -0.3 is 34.6 Å². The summed E-state index contributed by atoms with van der Waals surface area (Å²) in [5.74, 6) is 1.25. The van der Waals surface area contributed by atoms with Crippen LogP contribution in [-0.4, -0.2) is 78.3 Å². The molecule has 1 aliphatic heterocycles. The Labute approximate surface area is 207 Å². The average molecular weight is 493 g/mol. The second kappa shape index (κ2) is 10.6. The van der Waals surface area contributed by atoms with Crippen molar-refractivity contribution in [1.82, 2.24) is 10.2 Å². The van der Waals surface area contributed by atoms with E-state index in [1.807, 2.05) is 25.1 Å². The van der Waals surface area contributed by atoms with Gasteiger partial charge in [-0.2, -0.15) is 0 Å². The zero-order chi connectivity index (χ0) is 26.0. The fraction of sp³-hybridized carbons (Fsp3) is 0.692. The van der Waals surface area contributed by atoms with E-state index in [0.717, 1.165) is 5.56 Å². The molecule has 1 aromatic rings. The van der Waals surface area contributed by atoms with E-state index in [4.69, 9.17) is 14.2 Å². The number of ether oxygens (including phenoxy) is 3. The van der Waals surface area contributed by atoms with E-state index < -0.39 is 41.8 Å². The van der Waals surface area contributed by atoms with Crippen molar-refractivity contribution >= 4 is 12.0 Å². The number of nitrogens with zero attached hydrogens (tertiary/aromatic N) is 1. The number of hydrogen-bond donors (Lipinski definition) is 3. The summed E-state index contributed by atoms with van der Waals surface area (Å²) in [5.41, 5.74) is -0.454. The van der Waals surface area contributed by atoms with Crippen molar-refractivity contribution in [2.75, 3.05) is 33.4 Å². The van der Waals surface area contributed by atoms with Crippen LogP contribution in [0.3, 0.4) is 0 Å². The number of carbonyl (C=O) groups is 2. The van der Waals surface area contributed by atoms with Crippen LogP contribution in [0, 0.1) is 11.3 Å². The van der Waals surface area contributed by atoms with E-state index in [1.165, 1.54) is 12.8 Å². The summed E-state index contributed by atoms with van der Waals surface area (Å²) in [4.78, 5) is 27.1. The van der Waals surface area contributed by atoms with Gasteiger partial charge >= 0.3 is 6.09 Å². The number of likely N-dealkylation sites (tertiary alicyclic amines) is 1. The summed E-state index contributed by atoms with van der Waals surface area (Å²) in [7, 11) is 1.60. The highest BCUT2D eigenvalue weighted by molar-refractivity contribution is 5.86. The lowest BCUT2D eigenvalue weighted by Gasteiger charge is -2.34. The highest BCUT2D eigenvalue weighted by atomic mass is 16.6. The van der Waals surface area contributed by atoms with Gasteiger partial charge in [-0.3, -0.25) is 4.79 Å². The smallest absolute Gasteiger partial charge is 0.408 e. The Bertz CT molecular complexity index is 909. The van der Waals surface area contributed by atoms with Crippen molar-refractivity contribution in [1.29, 1.82) is 0 Å². The number of amides is 2. The molecule has 1 saturated carbocycles. The molecular weight excluding hydrogens is 452 g/mol. The molecule has 4 atom stereocenters. The van der Waals surface area contributed by atoms with Gasteiger partial charge in [0.15, 0.2) is 11.5 Å². The molecule has 2 fully saturated rings. The second-order valence-corrected chi connectivity index (χ2v) is 11.0. The van der Waals surface area contributed by atoms with E-state index in [9.17, 15) is 19.8 Å². The van der Waals surface area contributed by atoms with Gasteiger partial charge in [0.2, 0.25) is 5.91 Å². The third kappa shape index (κ3) is 6.58. The first-order valence-corrected chi connectivity index (χ1v) is 12.3. The number of rotatable bonds is 9. The molecule has 1 heterocycles. The van der Waals surface area contributed by atoms with Crippen molar-refractivity contribution < 1.29 is 34.0 Å². The molecule has 0 radical (unpaired) electrons. The van der Waals surface area contributed by atoms with Crippen molar-refractivity contribution in [3.63, 3.8) is 0 Å². The highest BCUT2D eigenvalue weighted by Gasteiger charge is 2.49. The van der Waals surface area contributed by atoms with Gasteiger partial charge in [0.05, 0.1) is 26.4 Å². The predicted octanol–water partition coefficient (Wildman–Crippen LogP) is 2.68. The lowest BCUT2D eigenvalue weighted by molar-refractivity contribution is -0.134. The van der Waals surface area contributed by atoms with Gasteiger partial charge in [-0.1, -0.05) is 13.0 Å². The zero-order valence-corrected chi connectivity index (χ0v) is 21.7. The Balaban J connectivity index is 1.81. The summed E-state index contributed by atoms with van der Waals surface area (Å²) >= 11 is 0. The van der Waals surface area contributed by atoms with E-state index in [1.54, 1.807) is 39.7 Å². The van der Waals surface area contributed by atoms with E-state index in [-0.39, 0.29) is 12.5 Å². The van der Waals surface area contributed by atoms with Crippen LogP contribution in [0.15, 0.2) is 18.2 Å². The maximum atomic E-state index is 13.3. The van der Waals surface area contributed by atoms with Crippen LogP contribution < -0.4 is 14.8 Å². The average Bonchev–Trinajstić information content (AvgIpc) is 3.54. The summed E-state index contributed by atoms with van der Waals surface area (Å²) in [6.07, 6.45) is 0.859. The number of aliphatic hydroxyl groups is 2. The number of aliphatic hydroxyl groups excluding tert-OH is 2. The minimum absolute atomic E-state index is 0.193. The summed E-state index contributed by atoms with van der Waals surface area (Å²) in [5, 5.41) is 23.0. The lowest BCUT2D eigenvalue weighted by Crippen LogP contribution is -2.51. The van der Waals surface area contributed by atoms with Gasteiger partial charge in [-0.15, -0.1) is 0 Å². The van der Waals surface area contributed by atoms with Crippen LogP contribution >= 0.6 is 0 Å². The van der Waals surface area contributed by atoms with Gasteiger partial charge in [0.1, 0.15) is 11.6 Å². The Hall–Kier alpha value is -2.52. The Morgan fingerprint density at radius 1 is 1.26 bits per heavy atom. The number of nitrogens with one attached hydrogen (secondary N) is 1. The molecule has 9 heteroatoms. The van der Waals surface area contributed by atoms with Crippen LogP contribution in [0.1, 0.15) is 58.9 Å².